The zero-order valence-electron chi connectivity index (χ0n) is 23.0. The van der Waals surface area contributed by atoms with Gasteiger partial charge in [-0.15, -0.1) is 0 Å². The van der Waals surface area contributed by atoms with Gasteiger partial charge >= 0.3 is 6.09 Å². The van der Waals surface area contributed by atoms with Gasteiger partial charge < -0.3 is 19.5 Å². The van der Waals surface area contributed by atoms with Crippen molar-refractivity contribution in [3.63, 3.8) is 0 Å². The minimum atomic E-state index is -0.503. The van der Waals surface area contributed by atoms with Gasteiger partial charge in [0.15, 0.2) is 5.78 Å². The minimum absolute atomic E-state index is 0.126. The van der Waals surface area contributed by atoms with E-state index in [2.05, 4.69) is 35.9 Å². The smallest absolute Gasteiger partial charge is 0.410 e. The van der Waals surface area contributed by atoms with Crippen LogP contribution >= 0.6 is 0 Å². The fourth-order valence-corrected chi connectivity index (χ4v) is 6.51. The van der Waals surface area contributed by atoms with Gasteiger partial charge in [-0.25, -0.2) is 4.79 Å². The van der Waals surface area contributed by atoms with Crippen LogP contribution in [-0.4, -0.2) is 58.4 Å². The van der Waals surface area contributed by atoms with Crippen LogP contribution in [0.1, 0.15) is 75.5 Å². The minimum Gasteiger partial charge on any atom is -0.444 e. The Hall–Kier alpha value is -3.53. The first-order chi connectivity index (χ1) is 18.0. The summed E-state index contributed by atoms with van der Waals surface area (Å²) in [6, 6.07) is 7.76. The quantitative estimate of drug-likeness (QED) is 0.559. The zero-order valence-corrected chi connectivity index (χ0v) is 23.0. The van der Waals surface area contributed by atoms with Crippen molar-refractivity contribution in [3.8, 4) is 6.07 Å². The molecule has 7 heteroatoms. The van der Waals surface area contributed by atoms with Crippen LogP contribution in [0.3, 0.4) is 0 Å². The normalized spacial score (nSPS) is 23.1. The number of amides is 1. The van der Waals surface area contributed by atoms with E-state index >= 15 is 0 Å². The molecule has 6 rings (SSSR count). The van der Waals surface area contributed by atoms with Gasteiger partial charge in [0.2, 0.25) is 0 Å². The lowest BCUT2D eigenvalue weighted by Gasteiger charge is -2.44. The van der Waals surface area contributed by atoms with Gasteiger partial charge in [0.05, 0.1) is 17.2 Å². The third-order valence-electron chi connectivity index (χ3n) is 8.64. The molecule has 3 aliphatic carbocycles. The molecule has 0 bridgehead atoms. The zero-order chi connectivity index (χ0) is 27.0. The van der Waals surface area contributed by atoms with Gasteiger partial charge in [-0.05, 0) is 69.7 Å². The lowest BCUT2D eigenvalue weighted by atomic mass is 9.66. The van der Waals surface area contributed by atoms with E-state index in [4.69, 9.17) is 4.74 Å². The van der Waals surface area contributed by atoms with Gasteiger partial charge in [0, 0.05) is 65.4 Å². The molecule has 0 spiro atoms. The highest BCUT2D eigenvalue weighted by atomic mass is 16.6. The van der Waals surface area contributed by atoms with Crippen LogP contribution in [0, 0.1) is 23.2 Å². The number of benzene rings is 1. The fourth-order valence-electron chi connectivity index (χ4n) is 6.51. The summed E-state index contributed by atoms with van der Waals surface area (Å²) in [6.45, 7) is 12.9. The maximum atomic E-state index is 14.0. The summed E-state index contributed by atoms with van der Waals surface area (Å²) >= 11 is 0. The molecule has 38 heavy (non-hydrogen) atoms. The maximum absolute atomic E-state index is 14.0. The van der Waals surface area contributed by atoms with Gasteiger partial charge in [-0.3, -0.25) is 4.79 Å². The molecule has 1 unspecified atom stereocenters. The van der Waals surface area contributed by atoms with E-state index in [-0.39, 0.29) is 17.3 Å². The molecule has 1 atom stereocenters. The molecule has 1 aliphatic heterocycles. The number of H-pyrrole nitrogens is 1. The van der Waals surface area contributed by atoms with E-state index in [9.17, 15) is 14.9 Å². The van der Waals surface area contributed by atoms with Crippen LogP contribution in [0.4, 0.5) is 4.79 Å². The van der Waals surface area contributed by atoms with Crippen LogP contribution in [0.5, 0.6) is 0 Å². The van der Waals surface area contributed by atoms with Crippen molar-refractivity contribution >= 4 is 22.8 Å². The summed E-state index contributed by atoms with van der Waals surface area (Å²) in [4.78, 5) is 34.4. The average molecular weight is 513 g/mol. The number of ether oxygens (including phenoxy) is 1. The fraction of sp³-hybridized carbons (Fsp3) is 0.516. The average Bonchev–Trinajstić information content (AvgIpc) is 3.65. The Kier molecular flexibility index (Phi) is 5.54. The number of nitrogens with one attached hydrogen (secondary N) is 1. The van der Waals surface area contributed by atoms with Crippen LogP contribution in [0.2, 0.25) is 0 Å². The van der Waals surface area contributed by atoms with Gasteiger partial charge in [0.25, 0.3) is 0 Å². The number of piperazine rings is 1. The molecule has 2 heterocycles. The standard InChI is InChI=1S/C31H36N4O3/c1-30(2,3)38-29(37)35-12-10-34(11-13-35)25-16-23-22(15-21(25)19-7-8-19)27(36)26-20-9-6-18(17-32)14-24(20)33-28(26)31(23,4)5/h6,9,14,16,19,21,33H,7-8,10-13,15H2,1-5H3. The molecule has 1 N–H and O–H groups in total. The Morgan fingerprint density at radius 3 is 2.50 bits per heavy atom. The number of fused-ring (bicyclic) bond motifs is 3. The molecule has 7 nitrogen and oxygen atoms in total. The highest BCUT2D eigenvalue weighted by Crippen LogP contribution is 2.53. The third kappa shape index (κ3) is 4.02. The highest BCUT2D eigenvalue weighted by Gasteiger charge is 2.47. The lowest BCUT2D eigenvalue weighted by Crippen LogP contribution is -2.50. The Labute approximate surface area is 224 Å². The van der Waals surface area contributed by atoms with Crippen molar-refractivity contribution in [1.82, 2.24) is 14.8 Å². The van der Waals surface area contributed by atoms with E-state index in [1.807, 2.05) is 37.8 Å². The van der Waals surface area contributed by atoms with E-state index in [1.54, 1.807) is 6.07 Å². The number of nitrogens with zero attached hydrogens (tertiary/aromatic N) is 3. The number of carbonyl (C=O) groups is 2. The summed E-state index contributed by atoms with van der Waals surface area (Å²) < 4.78 is 5.60. The Morgan fingerprint density at radius 1 is 1.16 bits per heavy atom. The van der Waals surface area contributed by atoms with Crippen LogP contribution in [0.25, 0.3) is 10.9 Å². The largest absolute Gasteiger partial charge is 0.444 e. The molecule has 2 fully saturated rings. The molecule has 0 radical (unpaired) electrons. The second-order valence-electron chi connectivity index (χ2n) is 12.8. The Balaban J connectivity index is 1.34. The van der Waals surface area contributed by atoms with Crippen molar-refractivity contribution in [2.24, 2.45) is 11.8 Å². The number of hydrogen-bond donors (Lipinski definition) is 1. The SMILES string of the molecule is CC(C)(C)OC(=O)N1CCN(C2=CC3=C(CC2C2CC2)C(=O)c2c([nH]c4cc(C#N)ccc24)C3(C)C)CC1. The molecule has 4 aliphatic rings. The predicted molar refractivity (Wildman–Crippen MR) is 146 cm³/mol. The topological polar surface area (TPSA) is 89.4 Å². The molecule has 1 saturated heterocycles. The molecular formula is C31H36N4O3. The summed E-state index contributed by atoms with van der Waals surface area (Å²) in [5.41, 5.74) is 5.62. The van der Waals surface area contributed by atoms with E-state index in [1.165, 1.54) is 18.5 Å². The van der Waals surface area contributed by atoms with Gasteiger partial charge in [0.1, 0.15) is 5.60 Å². The van der Waals surface area contributed by atoms with Crippen molar-refractivity contribution in [3.05, 3.63) is 57.9 Å². The van der Waals surface area contributed by atoms with Crippen molar-refractivity contribution in [1.29, 1.82) is 5.26 Å². The number of hydrogen-bond acceptors (Lipinski definition) is 5. The first-order valence-electron chi connectivity index (χ1n) is 13.8. The summed E-state index contributed by atoms with van der Waals surface area (Å²) in [7, 11) is 0. The number of rotatable bonds is 2. The molecule has 1 saturated carbocycles. The molecule has 198 valence electrons. The Morgan fingerprint density at radius 2 is 1.87 bits per heavy atom. The van der Waals surface area contributed by atoms with Crippen LogP contribution in [0.15, 0.2) is 41.1 Å². The molecule has 2 aromatic rings. The lowest BCUT2D eigenvalue weighted by molar-refractivity contribution is 0.0160. The number of carbonyl (C=O) groups excluding carboxylic acids is 2. The summed E-state index contributed by atoms with van der Waals surface area (Å²) in [5.74, 6) is 1.07. The van der Waals surface area contributed by atoms with Gasteiger partial charge in [-0.2, -0.15) is 5.26 Å². The van der Waals surface area contributed by atoms with E-state index in [0.717, 1.165) is 52.8 Å². The first kappa shape index (κ1) is 24.8. The highest BCUT2D eigenvalue weighted by molar-refractivity contribution is 6.19. The van der Waals surface area contributed by atoms with Crippen molar-refractivity contribution < 1.29 is 14.3 Å². The van der Waals surface area contributed by atoms with E-state index < -0.39 is 5.60 Å². The van der Waals surface area contributed by atoms with Crippen molar-refractivity contribution in [2.75, 3.05) is 26.2 Å². The third-order valence-corrected chi connectivity index (χ3v) is 8.64. The number of aromatic amines is 1. The van der Waals surface area contributed by atoms with Crippen LogP contribution in [-0.2, 0) is 10.2 Å². The van der Waals surface area contributed by atoms with Crippen molar-refractivity contribution in [2.45, 2.75) is 64.9 Å². The monoisotopic (exact) mass is 512 g/mol. The molecular weight excluding hydrogens is 476 g/mol. The number of allylic oxidation sites excluding steroid dienone is 4. The van der Waals surface area contributed by atoms with Gasteiger partial charge in [-0.1, -0.05) is 19.9 Å². The first-order valence-corrected chi connectivity index (χ1v) is 13.8. The molecule has 1 amide bonds. The number of ketones is 1. The summed E-state index contributed by atoms with van der Waals surface area (Å²) in [6.07, 6.45) is 5.23. The summed E-state index contributed by atoms with van der Waals surface area (Å²) in [5, 5.41) is 10.3. The predicted octanol–water partition coefficient (Wildman–Crippen LogP) is 5.68. The molecule has 1 aromatic heterocycles. The second kappa shape index (κ2) is 8.49. The Bertz CT molecular complexity index is 1450. The number of aromatic nitrogens is 1. The second-order valence-corrected chi connectivity index (χ2v) is 12.8. The number of nitriles is 1. The number of Topliss-reactive ketones (excluding diaryl/α,β-unsaturated/α-hetero) is 1. The van der Waals surface area contributed by atoms with Crippen LogP contribution < -0.4 is 0 Å². The van der Waals surface area contributed by atoms with E-state index in [0.29, 0.717) is 30.5 Å². The maximum Gasteiger partial charge on any atom is 0.410 e. The molecule has 1 aromatic carbocycles.